The molecule has 16 heavy (non-hydrogen) atoms. The van der Waals surface area contributed by atoms with Crippen LogP contribution in [0.1, 0.15) is 31.6 Å². The fourth-order valence-electron chi connectivity index (χ4n) is 1.66. The second-order valence-electron chi connectivity index (χ2n) is 3.71. The van der Waals surface area contributed by atoms with Crippen molar-refractivity contribution in [1.29, 1.82) is 0 Å². The molecule has 1 N–H and O–H groups in total. The minimum Gasteiger partial charge on any atom is -0.387 e. The van der Waals surface area contributed by atoms with Crippen molar-refractivity contribution in [1.82, 2.24) is 15.0 Å². The Morgan fingerprint density at radius 2 is 2.06 bits per heavy atom. The Morgan fingerprint density at radius 1 is 1.31 bits per heavy atom. The lowest BCUT2D eigenvalue weighted by Gasteiger charge is -2.10. The summed E-state index contributed by atoms with van der Waals surface area (Å²) in [5.74, 6) is 0. The summed E-state index contributed by atoms with van der Waals surface area (Å²) in [6, 6.07) is 9.70. The molecule has 1 aromatic carbocycles. The number of aliphatic hydroxyl groups is 1. The van der Waals surface area contributed by atoms with Gasteiger partial charge in [0.05, 0.1) is 23.7 Å². The third kappa shape index (κ3) is 2.12. The summed E-state index contributed by atoms with van der Waals surface area (Å²) in [5.41, 5.74) is 1.67. The third-order valence-electron chi connectivity index (χ3n) is 2.48. The number of hydrogen-bond acceptors (Lipinski definition) is 3. The fraction of sp³-hybridized carbons (Fsp3) is 0.333. The van der Waals surface area contributed by atoms with Gasteiger partial charge in [0, 0.05) is 0 Å². The van der Waals surface area contributed by atoms with Crippen LogP contribution in [0.15, 0.2) is 36.5 Å². The third-order valence-corrected chi connectivity index (χ3v) is 2.48. The summed E-state index contributed by atoms with van der Waals surface area (Å²) < 4.78 is 1.68. The van der Waals surface area contributed by atoms with Crippen LogP contribution in [0.5, 0.6) is 0 Å². The molecular weight excluding hydrogens is 202 g/mol. The molecule has 2 aromatic rings. The first-order chi connectivity index (χ1) is 7.83. The van der Waals surface area contributed by atoms with Crippen LogP contribution in [0.4, 0.5) is 0 Å². The highest BCUT2D eigenvalue weighted by atomic mass is 16.3. The molecule has 0 aliphatic heterocycles. The Bertz CT molecular complexity index is 439. The molecule has 0 radical (unpaired) electrons. The van der Waals surface area contributed by atoms with Crippen molar-refractivity contribution >= 4 is 0 Å². The number of nitrogens with zero attached hydrogens (tertiary/aromatic N) is 3. The second kappa shape index (κ2) is 4.90. The average Bonchev–Trinajstić information content (AvgIpc) is 2.79. The smallest absolute Gasteiger partial charge is 0.0977 e. The van der Waals surface area contributed by atoms with E-state index in [4.69, 9.17) is 0 Å². The number of aliphatic hydroxyl groups excluding tert-OH is 1. The maximum atomic E-state index is 9.95. The summed E-state index contributed by atoms with van der Waals surface area (Å²) in [4.78, 5) is 0. The van der Waals surface area contributed by atoms with Crippen LogP contribution in [0.25, 0.3) is 5.69 Å². The van der Waals surface area contributed by atoms with Crippen molar-refractivity contribution in [2.45, 2.75) is 25.9 Å². The normalized spacial score (nSPS) is 12.6. The molecule has 0 amide bonds. The molecule has 0 aliphatic rings. The molecule has 4 nitrogen and oxygen atoms in total. The van der Waals surface area contributed by atoms with E-state index in [1.165, 1.54) is 0 Å². The van der Waals surface area contributed by atoms with E-state index in [1.54, 1.807) is 10.9 Å². The number of hydrogen-bond donors (Lipinski definition) is 1. The monoisotopic (exact) mass is 217 g/mol. The predicted octanol–water partition coefficient (Wildman–Crippen LogP) is 2.10. The van der Waals surface area contributed by atoms with E-state index in [1.807, 2.05) is 37.3 Å². The largest absolute Gasteiger partial charge is 0.387 e. The molecule has 0 aliphatic carbocycles. The van der Waals surface area contributed by atoms with Crippen molar-refractivity contribution in [3.63, 3.8) is 0 Å². The van der Waals surface area contributed by atoms with E-state index < -0.39 is 6.10 Å². The van der Waals surface area contributed by atoms with Gasteiger partial charge in [-0.15, -0.1) is 5.10 Å². The molecule has 2 rings (SSSR count). The number of para-hydroxylation sites is 1. The fourth-order valence-corrected chi connectivity index (χ4v) is 1.66. The number of rotatable bonds is 4. The lowest BCUT2D eigenvalue weighted by atomic mass is 10.1. The molecule has 0 saturated heterocycles. The van der Waals surface area contributed by atoms with Gasteiger partial charge in [0.2, 0.25) is 0 Å². The molecule has 1 aromatic heterocycles. The van der Waals surface area contributed by atoms with Crippen molar-refractivity contribution in [2.24, 2.45) is 0 Å². The van der Waals surface area contributed by atoms with Crippen LogP contribution in [0.3, 0.4) is 0 Å². The molecular formula is C12H15N3O. The highest BCUT2D eigenvalue weighted by Crippen LogP contribution is 2.19. The lowest BCUT2D eigenvalue weighted by Crippen LogP contribution is -2.07. The van der Waals surface area contributed by atoms with E-state index in [2.05, 4.69) is 10.3 Å². The molecule has 0 fully saturated rings. The van der Waals surface area contributed by atoms with Crippen LogP contribution < -0.4 is 0 Å². The van der Waals surface area contributed by atoms with Crippen molar-refractivity contribution in [2.75, 3.05) is 0 Å². The highest BCUT2D eigenvalue weighted by molar-refractivity contribution is 5.31. The van der Waals surface area contributed by atoms with Crippen LogP contribution in [-0.2, 0) is 0 Å². The predicted molar refractivity (Wildman–Crippen MR) is 61.2 cm³/mol. The van der Waals surface area contributed by atoms with Crippen LogP contribution in [0.2, 0.25) is 0 Å². The zero-order valence-electron chi connectivity index (χ0n) is 9.24. The Morgan fingerprint density at radius 3 is 2.75 bits per heavy atom. The summed E-state index contributed by atoms with van der Waals surface area (Å²) in [6.07, 6.45) is 2.77. The van der Waals surface area contributed by atoms with Gasteiger partial charge in [-0.05, 0) is 18.6 Å². The maximum absolute atomic E-state index is 9.95. The van der Waals surface area contributed by atoms with Crippen molar-refractivity contribution < 1.29 is 5.11 Å². The average molecular weight is 217 g/mol. The first-order valence-corrected chi connectivity index (χ1v) is 5.47. The zero-order valence-corrected chi connectivity index (χ0v) is 9.24. The molecule has 0 saturated carbocycles. The van der Waals surface area contributed by atoms with Crippen molar-refractivity contribution in [3.8, 4) is 5.69 Å². The Hall–Kier alpha value is -1.68. The first kappa shape index (κ1) is 10.8. The SMILES string of the molecule is CCCC(O)c1cnnn1-c1ccccc1. The number of aromatic nitrogens is 3. The van der Waals surface area contributed by atoms with Gasteiger partial charge in [0.15, 0.2) is 0 Å². The van der Waals surface area contributed by atoms with E-state index in [0.717, 1.165) is 24.2 Å². The Kier molecular flexibility index (Phi) is 3.31. The minimum atomic E-state index is -0.500. The van der Waals surface area contributed by atoms with Gasteiger partial charge in [0.1, 0.15) is 0 Å². The molecule has 0 spiro atoms. The van der Waals surface area contributed by atoms with Crippen LogP contribution in [0, 0.1) is 0 Å². The lowest BCUT2D eigenvalue weighted by molar-refractivity contribution is 0.159. The summed E-state index contributed by atoms with van der Waals surface area (Å²) in [5, 5.41) is 17.8. The summed E-state index contributed by atoms with van der Waals surface area (Å²) in [6.45, 7) is 2.04. The van der Waals surface area contributed by atoms with Gasteiger partial charge >= 0.3 is 0 Å². The molecule has 0 bridgehead atoms. The number of benzene rings is 1. The van der Waals surface area contributed by atoms with Crippen LogP contribution >= 0.6 is 0 Å². The van der Waals surface area contributed by atoms with E-state index in [-0.39, 0.29) is 0 Å². The van der Waals surface area contributed by atoms with E-state index >= 15 is 0 Å². The van der Waals surface area contributed by atoms with Gasteiger partial charge in [-0.3, -0.25) is 0 Å². The topological polar surface area (TPSA) is 50.9 Å². The van der Waals surface area contributed by atoms with E-state index in [9.17, 15) is 5.11 Å². The van der Waals surface area contributed by atoms with Gasteiger partial charge in [0.25, 0.3) is 0 Å². The zero-order chi connectivity index (χ0) is 11.4. The van der Waals surface area contributed by atoms with Gasteiger partial charge in [-0.1, -0.05) is 36.8 Å². The van der Waals surface area contributed by atoms with Gasteiger partial charge in [-0.2, -0.15) is 0 Å². The Balaban J connectivity index is 2.33. The van der Waals surface area contributed by atoms with Crippen LogP contribution in [-0.4, -0.2) is 20.1 Å². The minimum absolute atomic E-state index is 0.500. The quantitative estimate of drug-likeness (QED) is 0.853. The van der Waals surface area contributed by atoms with Gasteiger partial charge < -0.3 is 5.11 Å². The van der Waals surface area contributed by atoms with Crippen molar-refractivity contribution in [3.05, 3.63) is 42.2 Å². The molecule has 1 atom stereocenters. The summed E-state index contributed by atoms with van der Waals surface area (Å²) >= 11 is 0. The molecule has 1 heterocycles. The first-order valence-electron chi connectivity index (χ1n) is 5.47. The molecule has 84 valence electrons. The summed E-state index contributed by atoms with van der Waals surface area (Å²) in [7, 11) is 0. The highest BCUT2D eigenvalue weighted by Gasteiger charge is 2.13. The van der Waals surface area contributed by atoms with Gasteiger partial charge in [-0.25, -0.2) is 4.68 Å². The molecule has 1 unspecified atom stereocenters. The van der Waals surface area contributed by atoms with E-state index in [0.29, 0.717) is 0 Å². The second-order valence-corrected chi connectivity index (χ2v) is 3.71. The standard InChI is InChI=1S/C12H15N3O/c1-2-6-12(16)11-9-13-14-15(11)10-7-4-3-5-8-10/h3-5,7-9,12,16H,2,6H2,1H3. The molecule has 4 heteroatoms. The maximum Gasteiger partial charge on any atom is 0.0977 e. The Labute approximate surface area is 94.5 Å².